The van der Waals surface area contributed by atoms with Gasteiger partial charge in [-0.05, 0) is 55.4 Å². The molecule has 0 N–H and O–H groups in total. The molecule has 0 bridgehead atoms. The van der Waals surface area contributed by atoms with Crippen LogP contribution in [-0.2, 0) is 23.9 Å². The summed E-state index contributed by atoms with van der Waals surface area (Å²) in [4.78, 5) is 38.1. The van der Waals surface area contributed by atoms with E-state index in [1.807, 2.05) is 19.9 Å². The second kappa shape index (κ2) is 7.97. The van der Waals surface area contributed by atoms with E-state index >= 15 is 0 Å². The van der Waals surface area contributed by atoms with E-state index in [1.165, 1.54) is 6.92 Å². The number of ether oxygens (including phenoxy) is 2. The molecule has 0 spiro atoms. The monoisotopic (exact) mass is 416 g/mol. The maximum absolute atomic E-state index is 13.8. The molecule has 0 aliphatic heterocycles. The number of carbonyl (C=O) groups is 3. The number of rotatable bonds is 3. The zero-order valence-corrected chi connectivity index (χ0v) is 19.4. The van der Waals surface area contributed by atoms with Gasteiger partial charge in [0, 0.05) is 19.8 Å². The molecule has 5 heteroatoms. The van der Waals surface area contributed by atoms with E-state index in [2.05, 4.69) is 26.8 Å². The molecule has 3 rings (SSSR count). The second-order valence-electron chi connectivity index (χ2n) is 10.2. The van der Waals surface area contributed by atoms with E-state index in [0.29, 0.717) is 23.8 Å². The topological polar surface area (TPSA) is 69.7 Å². The average Bonchev–Trinajstić information content (AvgIpc) is 3.07. The molecular formula is C25H36O5. The fourth-order valence-electron chi connectivity index (χ4n) is 5.78. The van der Waals surface area contributed by atoms with Gasteiger partial charge in [-0.15, -0.1) is 0 Å². The predicted octanol–water partition coefficient (Wildman–Crippen LogP) is 4.79. The van der Waals surface area contributed by atoms with Crippen molar-refractivity contribution >= 4 is 17.7 Å². The highest BCUT2D eigenvalue weighted by Crippen LogP contribution is 2.62. The number of ketones is 1. The Kier molecular flexibility index (Phi) is 6.05. The van der Waals surface area contributed by atoms with E-state index < -0.39 is 23.6 Å². The zero-order chi connectivity index (χ0) is 22.4. The van der Waals surface area contributed by atoms with Crippen molar-refractivity contribution in [3.05, 3.63) is 23.3 Å². The van der Waals surface area contributed by atoms with Crippen molar-refractivity contribution in [3.8, 4) is 0 Å². The minimum absolute atomic E-state index is 0.0984. The first kappa shape index (κ1) is 22.8. The van der Waals surface area contributed by atoms with Crippen LogP contribution in [0.2, 0.25) is 0 Å². The molecule has 0 amide bonds. The molecule has 3 aliphatic carbocycles. The van der Waals surface area contributed by atoms with Crippen molar-refractivity contribution in [1.82, 2.24) is 0 Å². The quantitative estimate of drug-likeness (QED) is 0.488. The Bertz CT molecular complexity index is 804. The molecule has 166 valence electrons. The molecule has 5 nitrogen and oxygen atoms in total. The summed E-state index contributed by atoms with van der Waals surface area (Å²) in [5.74, 6) is -0.623. The lowest BCUT2D eigenvalue weighted by Crippen LogP contribution is -2.48. The van der Waals surface area contributed by atoms with Crippen LogP contribution < -0.4 is 0 Å². The van der Waals surface area contributed by atoms with Crippen LogP contribution in [0.3, 0.4) is 0 Å². The standard InChI is InChI=1S/C25H36O5/c1-8-21(27)29-22-16(4)13-25(30-17(5)26)20(22)11-14(2)9-10-18-19(24(18,6)7)12-15(3)23(25)28/h11-12,16,18-20,22H,8-10,13H2,1-7H3/b14-11-,15-12+/t16-,18-,19+,20-,22-,25+/m0/s1. The fourth-order valence-corrected chi connectivity index (χ4v) is 5.78. The minimum Gasteiger partial charge on any atom is -0.461 e. The summed E-state index contributed by atoms with van der Waals surface area (Å²) < 4.78 is 11.7. The summed E-state index contributed by atoms with van der Waals surface area (Å²) in [7, 11) is 0. The first-order valence-corrected chi connectivity index (χ1v) is 11.2. The van der Waals surface area contributed by atoms with Gasteiger partial charge in [-0.2, -0.15) is 0 Å². The lowest BCUT2D eigenvalue weighted by Gasteiger charge is -2.34. The fraction of sp³-hybridized carbons (Fsp3) is 0.720. The van der Waals surface area contributed by atoms with Crippen molar-refractivity contribution < 1.29 is 23.9 Å². The summed E-state index contributed by atoms with van der Waals surface area (Å²) in [6, 6.07) is 0. The van der Waals surface area contributed by atoms with Crippen LogP contribution in [0.15, 0.2) is 23.3 Å². The molecule has 0 unspecified atom stereocenters. The van der Waals surface area contributed by atoms with E-state index in [1.54, 1.807) is 6.92 Å². The predicted molar refractivity (Wildman–Crippen MR) is 114 cm³/mol. The van der Waals surface area contributed by atoms with E-state index in [4.69, 9.17) is 9.47 Å². The smallest absolute Gasteiger partial charge is 0.305 e. The summed E-state index contributed by atoms with van der Waals surface area (Å²) in [6.07, 6.45) is 6.23. The van der Waals surface area contributed by atoms with Crippen LogP contribution in [0.4, 0.5) is 0 Å². The minimum atomic E-state index is -1.33. The number of hydrogen-bond acceptors (Lipinski definition) is 5. The number of allylic oxidation sites excluding steroid dienone is 2. The molecule has 3 aliphatic rings. The molecule has 2 saturated carbocycles. The van der Waals surface area contributed by atoms with Crippen LogP contribution in [0.1, 0.15) is 74.1 Å². The Morgan fingerprint density at radius 1 is 1.17 bits per heavy atom. The Morgan fingerprint density at radius 3 is 2.43 bits per heavy atom. The average molecular weight is 417 g/mol. The summed E-state index contributed by atoms with van der Waals surface area (Å²) >= 11 is 0. The van der Waals surface area contributed by atoms with Gasteiger partial charge >= 0.3 is 11.9 Å². The van der Waals surface area contributed by atoms with Gasteiger partial charge < -0.3 is 9.47 Å². The highest BCUT2D eigenvalue weighted by Gasteiger charge is 2.61. The van der Waals surface area contributed by atoms with Crippen LogP contribution in [0.25, 0.3) is 0 Å². The van der Waals surface area contributed by atoms with Crippen LogP contribution in [-0.4, -0.2) is 29.4 Å². The molecule has 6 atom stereocenters. The molecule has 0 aromatic rings. The maximum Gasteiger partial charge on any atom is 0.305 e. The Hall–Kier alpha value is -1.91. The number of Topliss-reactive ketones (excluding diaryl/α,β-unsaturated/α-hetero) is 1. The Labute approximate surface area is 180 Å². The van der Waals surface area contributed by atoms with Crippen molar-refractivity contribution in [3.63, 3.8) is 0 Å². The Balaban J connectivity index is 2.12. The van der Waals surface area contributed by atoms with Gasteiger partial charge in [-0.25, -0.2) is 0 Å². The molecule has 0 heterocycles. The maximum atomic E-state index is 13.8. The van der Waals surface area contributed by atoms with Crippen molar-refractivity contribution in [2.45, 2.75) is 85.9 Å². The third-order valence-electron chi connectivity index (χ3n) is 7.59. The normalized spacial score (nSPS) is 41.2. The number of esters is 2. The van der Waals surface area contributed by atoms with Crippen molar-refractivity contribution in [2.75, 3.05) is 0 Å². The molecule has 0 aromatic carbocycles. The second-order valence-corrected chi connectivity index (χ2v) is 10.2. The van der Waals surface area contributed by atoms with Crippen molar-refractivity contribution in [2.24, 2.45) is 29.1 Å². The third-order valence-corrected chi connectivity index (χ3v) is 7.59. The first-order valence-electron chi connectivity index (χ1n) is 11.2. The van der Waals surface area contributed by atoms with Gasteiger partial charge in [0.1, 0.15) is 6.10 Å². The summed E-state index contributed by atoms with van der Waals surface area (Å²) in [5, 5.41) is 0. The van der Waals surface area contributed by atoms with Crippen molar-refractivity contribution in [1.29, 1.82) is 0 Å². The lowest BCUT2D eigenvalue weighted by atomic mass is 9.81. The van der Waals surface area contributed by atoms with E-state index in [0.717, 1.165) is 18.4 Å². The van der Waals surface area contributed by atoms with Crippen LogP contribution in [0.5, 0.6) is 0 Å². The summed E-state index contributed by atoms with van der Waals surface area (Å²) in [5.41, 5.74) is 0.642. The van der Waals surface area contributed by atoms with Gasteiger partial charge in [0.2, 0.25) is 5.78 Å². The molecule has 0 saturated heterocycles. The molecule has 0 aromatic heterocycles. The summed E-state index contributed by atoms with van der Waals surface area (Å²) in [6.45, 7) is 13.5. The van der Waals surface area contributed by atoms with Gasteiger partial charge in [-0.3, -0.25) is 14.4 Å². The third kappa shape index (κ3) is 3.88. The molecule has 2 fully saturated rings. The SMILES string of the molecule is CCC(=O)O[C@H]1[C@@H](C)C[C@]2(OC(C)=O)C(=O)/C(C)=C/[C@@H]3[C@H](CC/C(C)=C\[C@@H]12)C3(C)C. The Morgan fingerprint density at radius 2 is 1.83 bits per heavy atom. The highest BCUT2D eigenvalue weighted by atomic mass is 16.6. The number of carbonyl (C=O) groups excluding carboxylic acids is 3. The van der Waals surface area contributed by atoms with E-state index in [9.17, 15) is 14.4 Å². The number of fused-ring (bicyclic) bond motifs is 2. The lowest BCUT2D eigenvalue weighted by molar-refractivity contribution is -0.170. The van der Waals surface area contributed by atoms with E-state index in [-0.39, 0.29) is 29.5 Å². The van der Waals surface area contributed by atoms with Crippen LogP contribution >= 0.6 is 0 Å². The van der Waals surface area contributed by atoms with Gasteiger partial charge in [0.15, 0.2) is 5.60 Å². The number of hydrogen-bond donors (Lipinski definition) is 0. The largest absolute Gasteiger partial charge is 0.461 e. The van der Waals surface area contributed by atoms with Crippen LogP contribution in [0, 0.1) is 29.1 Å². The van der Waals surface area contributed by atoms with Gasteiger partial charge in [0.05, 0.1) is 5.92 Å². The first-order chi connectivity index (χ1) is 13.9. The molecule has 30 heavy (non-hydrogen) atoms. The zero-order valence-electron chi connectivity index (χ0n) is 19.4. The molecular weight excluding hydrogens is 380 g/mol. The highest BCUT2D eigenvalue weighted by molar-refractivity contribution is 6.03. The molecule has 0 radical (unpaired) electrons. The van der Waals surface area contributed by atoms with Gasteiger partial charge in [0.25, 0.3) is 0 Å². The van der Waals surface area contributed by atoms with Gasteiger partial charge in [-0.1, -0.05) is 45.4 Å².